The number of benzene rings is 1. The first kappa shape index (κ1) is 12.2. The summed E-state index contributed by atoms with van der Waals surface area (Å²) in [5.41, 5.74) is 1.46. The van der Waals surface area contributed by atoms with Gasteiger partial charge < -0.3 is 4.90 Å². The quantitative estimate of drug-likeness (QED) is 0.789. The third-order valence-corrected chi connectivity index (χ3v) is 4.62. The molecule has 98 valence electrons. The van der Waals surface area contributed by atoms with Gasteiger partial charge in [0.05, 0.1) is 0 Å². The SMILES string of the molecule is C[C@@H](c1ccccc1)N1C[C@@H]2C[C@@H](CN(C)C2)C1. The highest BCUT2D eigenvalue weighted by molar-refractivity contribution is 5.18. The molecule has 0 aromatic heterocycles. The lowest BCUT2D eigenvalue weighted by molar-refractivity contribution is 0.0236. The van der Waals surface area contributed by atoms with E-state index in [0.717, 1.165) is 11.8 Å². The van der Waals surface area contributed by atoms with E-state index < -0.39 is 0 Å². The molecule has 0 saturated carbocycles. The highest BCUT2D eigenvalue weighted by atomic mass is 15.2. The number of piperidine rings is 2. The summed E-state index contributed by atoms with van der Waals surface area (Å²) in [5.74, 6) is 1.77. The smallest absolute Gasteiger partial charge is 0.0320 e. The molecule has 2 nitrogen and oxygen atoms in total. The van der Waals surface area contributed by atoms with E-state index >= 15 is 0 Å². The van der Waals surface area contributed by atoms with Crippen LogP contribution in [0.25, 0.3) is 0 Å². The Labute approximate surface area is 111 Å². The summed E-state index contributed by atoms with van der Waals surface area (Å²) in [6, 6.07) is 11.5. The van der Waals surface area contributed by atoms with E-state index in [0.29, 0.717) is 6.04 Å². The third-order valence-electron chi connectivity index (χ3n) is 4.62. The van der Waals surface area contributed by atoms with Crippen LogP contribution in [0.3, 0.4) is 0 Å². The minimum absolute atomic E-state index is 0.569. The number of hydrogen-bond donors (Lipinski definition) is 0. The Morgan fingerprint density at radius 2 is 1.61 bits per heavy atom. The fourth-order valence-electron chi connectivity index (χ4n) is 3.84. The average Bonchev–Trinajstić information content (AvgIpc) is 2.37. The van der Waals surface area contributed by atoms with Crippen molar-refractivity contribution in [1.29, 1.82) is 0 Å². The fourth-order valence-corrected chi connectivity index (χ4v) is 3.84. The molecule has 2 heterocycles. The van der Waals surface area contributed by atoms with Crippen LogP contribution in [0, 0.1) is 11.8 Å². The van der Waals surface area contributed by atoms with Gasteiger partial charge in [0.15, 0.2) is 0 Å². The van der Waals surface area contributed by atoms with Crippen LogP contribution in [0.15, 0.2) is 30.3 Å². The largest absolute Gasteiger partial charge is 0.306 e. The monoisotopic (exact) mass is 244 g/mol. The molecule has 18 heavy (non-hydrogen) atoms. The summed E-state index contributed by atoms with van der Waals surface area (Å²) in [7, 11) is 2.27. The van der Waals surface area contributed by atoms with E-state index in [1.54, 1.807) is 0 Å². The molecule has 2 bridgehead atoms. The highest BCUT2D eigenvalue weighted by Gasteiger charge is 2.34. The van der Waals surface area contributed by atoms with E-state index in [2.05, 4.69) is 54.1 Å². The molecule has 2 heteroatoms. The molecule has 0 unspecified atom stereocenters. The van der Waals surface area contributed by atoms with Gasteiger partial charge in [0.2, 0.25) is 0 Å². The first-order valence-electron chi connectivity index (χ1n) is 7.20. The number of hydrogen-bond acceptors (Lipinski definition) is 2. The lowest BCUT2D eigenvalue weighted by atomic mass is 9.84. The van der Waals surface area contributed by atoms with Crippen molar-refractivity contribution >= 4 is 0 Å². The lowest BCUT2D eigenvalue weighted by Gasteiger charge is -2.46. The van der Waals surface area contributed by atoms with Gasteiger partial charge in [0.25, 0.3) is 0 Å². The summed E-state index contributed by atoms with van der Waals surface area (Å²) in [5, 5.41) is 0. The van der Waals surface area contributed by atoms with Crippen molar-refractivity contribution in [2.24, 2.45) is 11.8 Å². The third kappa shape index (κ3) is 2.45. The van der Waals surface area contributed by atoms with E-state index in [-0.39, 0.29) is 0 Å². The molecule has 0 aliphatic carbocycles. The summed E-state index contributed by atoms with van der Waals surface area (Å²) in [4.78, 5) is 5.21. The summed E-state index contributed by atoms with van der Waals surface area (Å²) in [6.07, 6.45) is 1.45. The molecule has 3 rings (SSSR count). The molecular formula is C16H24N2. The molecule has 2 aliphatic heterocycles. The van der Waals surface area contributed by atoms with Crippen molar-refractivity contribution < 1.29 is 0 Å². The van der Waals surface area contributed by atoms with Gasteiger partial charge in [0, 0.05) is 32.2 Å². The second kappa shape index (κ2) is 5.02. The first-order valence-corrected chi connectivity index (χ1v) is 7.20. The van der Waals surface area contributed by atoms with Crippen LogP contribution >= 0.6 is 0 Å². The number of nitrogens with zero attached hydrogens (tertiary/aromatic N) is 2. The Bertz CT molecular complexity index is 371. The van der Waals surface area contributed by atoms with Gasteiger partial charge in [-0.3, -0.25) is 4.90 Å². The van der Waals surface area contributed by atoms with Crippen molar-refractivity contribution in [1.82, 2.24) is 9.80 Å². The summed E-state index contributed by atoms with van der Waals surface area (Å²) < 4.78 is 0. The standard InChI is InChI=1S/C16H24N2/c1-13(16-6-4-3-5-7-16)18-11-14-8-15(12-18)10-17(2)9-14/h3-7,13-15H,8-12H2,1-2H3/t13-,14-,15+/m0/s1. The molecule has 0 N–H and O–H groups in total. The van der Waals surface area contributed by atoms with E-state index in [4.69, 9.17) is 0 Å². The second-order valence-corrected chi connectivity index (χ2v) is 6.23. The van der Waals surface area contributed by atoms with Gasteiger partial charge in [-0.2, -0.15) is 0 Å². The Balaban J connectivity index is 1.71. The fraction of sp³-hybridized carbons (Fsp3) is 0.625. The van der Waals surface area contributed by atoms with Crippen molar-refractivity contribution in [2.45, 2.75) is 19.4 Å². The zero-order valence-electron chi connectivity index (χ0n) is 11.5. The molecule has 0 radical (unpaired) electrons. The predicted molar refractivity (Wildman–Crippen MR) is 75.5 cm³/mol. The maximum Gasteiger partial charge on any atom is 0.0320 e. The van der Waals surface area contributed by atoms with Crippen LogP contribution in [-0.4, -0.2) is 43.0 Å². The Kier molecular flexibility index (Phi) is 3.40. The topological polar surface area (TPSA) is 6.48 Å². The molecule has 2 saturated heterocycles. The van der Waals surface area contributed by atoms with Crippen LogP contribution in [-0.2, 0) is 0 Å². The number of fused-ring (bicyclic) bond motifs is 2. The van der Waals surface area contributed by atoms with Gasteiger partial charge in [-0.15, -0.1) is 0 Å². The highest BCUT2D eigenvalue weighted by Crippen LogP contribution is 2.32. The zero-order chi connectivity index (χ0) is 12.5. The van der Waals surface area contributed by atoms with Gasteiger partial charge in [0.1, 0.15) is 0 Å². The van der Waals surface area contributed by atoms with Crippen LogP contribution in [0.4, 0.5) is 0 Å². The minimum Gasteiger partial charge on any atom is -0.306 e. The maximum atomic E-state index is 2.70. The van der Waals surface area contributed by atoms with E-state index in [9.17, 15) is 0 Å². The van der Waals surface area contributed by atoms with Crippen molar-refractivity contribution in [3.8, 4) is 0 Å². The predicted octanol–water partition coefficient (Wildman–Crippen LogP) is 2.63. The van der Waals surface area contributed by atoms with Gasteiger partial charge in [-0.1, -0.05) is 30.3 Å². The van der Waals surface area contributed by atoms with Crippen LogP contribution < -0.4 is 0 Å². The number of likely N-dealkylation sites (tertiary alicyclic amines) is 2. The molecular weight excluding hydrogens is 220 g/mol. The van der Waals surface area contributed by atoms with E-state index in [1.807, 2.05) is 0 Å². The normalized spacial score (nSPS) is 31.2. The Hall–Kier alpha value is -0.860. The van der Waals surface area contributed by atoms with E-state index in [1.165, 1.54) is 38.2 Å². The minimum atomic E-state index is 0.569. The molecule has 0 spiro atoms. The van der Waals surface area contributed by atoms with Gasteiger partial charge >= 0.3 is 0 Å². The summed E-state index contributed by atoms with van der Waals surface area (Å²) >= 11 is 0. The van der Waals surface area contributed by atoms with Crippen molar-refractivity contribution in [3.63, 3.8) is 0 Å². The number of rotatable bonds is 2. The average molecular weight is 244 g/mol. The zero-order valence-corrected chi connectivity index (χ0v) is 11.5. The van der Waals surface area contributed by atoms with Crippen LogP contribution in [0.2, 0.25) is 0 Å². The second-order valence-electron chi connectivity index (χ2n) is 6.23. The van der Waals surface area contributed by atoms with Crippen molar-refractivity contribution in [2.75, 3.05) is 33.2 Å². The van der Waals surface area contributed by atoms with Gasteiger partial charge in [-0.05, 0) is 37.8 Å². The molecule has 2 fully saturated rings. The Morgan fingerprint density at radius 3 is 2.22 bits per heavy atom. The molecule has 1 aromatic rings. The van der Waals surface area contributed by atoms with Crippen molar-refractivity contribution in [3.05, 3.63) is 35.9 Å². The molecule has 1 aromatic carbocycles. The Morgan fingerprint density at radius 1 is 1.00 bits per heavy atom. The molecule has 0 amide bonds. The maximum absolute atomic E-state index is 2.70. The lowest BCUT2D eigenvalue weighted by Crippen LogP contribution is -2.51. The van der Waals surface area contributed by atoms with Crippen LogP contribution in [0.5, 0.6) is 0 Å². The summed E-state index contributed by atoms with van der Waals surface area (Å²) in [6.45, 7) is 7.48. The van der Waals surface area contributed by atoms with Crippen LogP contribution in [0.1, 0.15) is 24.9 Å². The first-order chi connectivity index (χ1) is 8.72. The van der Waals surface area contributed by atoms with Gasteiger partial charge in [-0.25, -0.2) is 0 Å². The molecule has 2 aliphatic rings. The molecule has 3 atom stereocenters.